The van der Waals surface area contributed by atoms with Crippen molar-refractivity contribution in [3.05, 3.63) is 0 Å². The van der Waals surface area contributed by atoms with Crippen LogP contribution in [0.1, 0.15) is 33.1 Å². The zero-order valence-electron chi connectivity index (χ0n) is 9.70. The van der Waals surface area contributed by atoms with Crippen LogP contribution in [0.3, 0.4) is 0 Å². The van der Waals surface area contributed by atoms with Crippen molar-refractivity contribution in [1.29, 1.82) is 5.26 Å². The topological polar surface area (TPSA) is 56.0 Å². The molecule has 3 nitrogen and oxygen atoms in total. The maximum Gasteiger partial charge on any atom is 0.0960 e. The van der Waals surface area contributed by atoms with Gasteiger partial charge in [-0.2, -0.15) is 17.0 Å². The van der Waals surface area contributed by atoms with E-state index in [-0.39, 0.29) is 12.6 Å². The second-order valence-corrected chi connectivity index (χ2v) is 5.16. The fourth-order valence-corrected chi connectivity index (χ4v) is 2.23. The third kappa shape index (κ3) is 8.73. The molecule has 4 heteroatoms. The van der Waals surface area contributed by atoms with E-state index in [4.69, 9.17) is 10.4 Å². The van der Waals surface area contributed by atoms with Crippen molar-refractivity contribution in [1.82, 2.24) is 5.32 Å². The van der Waals surface area contributed by atoms with Crippen LogP contribution in [0.5, 0.6) is 0 Å². The zero-order valence-corrected chi connectivity index (χ0v) is 10.5. The Morgan fingerprint density at radius 1 is 1.47 bits per heavy atom. The van der Waals surface area contributed by atoms with E-state index in [0.717, 1.165) is 31.6 Å². The van der Waals surface area contributed by atoms with Gasteiger partial charge in [-0.3, -0.25) is 0 Å². The monoisotopic (exact) mass is 230 g/mol. The zero-order chi connectivity index (χ0) is 11.5. The molecule has 0 amide bonds. The van der Waals surface area contributed by atoms with Crippen LogP contribution in [-0.4, -0.2) is 35.3 Å². The molecule has 88 valence electrons. The Labute approximate surface area is 97.2 Å². The van der Waals surface area contributed by atoms with Gasteiger partial charge in [0.1, 0.15) is 0 Å². The number of nitrogens with zero attached hydrogens (tertiary/aromatic N) is 1. The van der Waals surface area contributed by atoms with Crippen LogP contribution in [0.2, 0.25) is 0 Å². The van der Waals surface area contributed by atoms with E-state index in [1.165, 1.54) is 0 Å². The number of aliphatic hydroxyl groups is 1. The largest absolute Gasteiger partial charge is 0.396 e. The number of thioether (sulfide) groups is 1. The van der Waals surface area contributed by atoms with Crippen molar-refractivity contribution in [3.8, 4) is 6.07 Å². The fourth-order valence-electron chi connectivity index (χ4n) is 1.18. The van der Waals surface area contributed by atoms with Crippen LogP contribution in [-0.2, 0) is 0 Å². The summed E-state index contributed by atoms with van der Waals surface area (Å²) in [5.41, 5.74) is 0. The predicted molar refractivity (Wildman–Crippen MR) is 65.9 cm³/mol. The van der Waals surface area contributed by atoms with Gasteiger partial charge in [-0.25, -0.2) is 0 Å². The van der Waals surface area contributed by atoms with Gasteiger partial charge in [0.25, 0.3) is 0 Å². The Morgan fingerprint density at radius 3 is 2.73 bits per heavy atom. The molecule has 0 saturated heterocycles. The number of rotatable bonds is 9. The fraction of sp³-hybridized carbons (Fsp3) is 0.909. The van der Waals surface area contributed by atoms with Crippen molar-refractivity contribution in [2.75, 3.05) is 18.9 Å². The average molecular weight is 230 g/mol. The minimum Gasteiger partial charge on any atom is -0.396 e. The highest BCUT2D eigenvalue weighted by Crippen LogP contribution is 2.15. The Hall–Kier alpha value is -0.240. The minimum atomic E-state index is -0.0150. The molecule has 2 unspecified atom stereocenters. The van der Waals surface area contributed by atoms with Crippen LogP contribution < -0.4 is 5.32 Å². The van der Waals surface area contributed by atoms with Gasteiger partial charge in [0.05, 0.1) is 12.1 Å². The van der Waals surface area contributed by atoms with E-state index < -0.39 is 0 Å². The highest BCUT2D eigenvalue weighted by molar-refractivity contribution is 7.99. The highest BCUT2D eigenvalue weighted by Gasteiger charge is 2.07. The Morgan fingerprint density at radius 2 is 2.20 bits per heavy atom. The van der Waals surface area contributed by atoms with E-state index in [2.05, 4.69) is 25.2 Å². The summed E-state index contributed by atoms with van der Waals surface area (Å²) in [6, 6.07) is 2.25. The standard InChI is InChI=1S/C11H22N2OS/c1-3-6-13-11(9-12)5-8-15-10(2)4-7-14/h10-11,13-14H,3-8H2,1-2H3. The van der Waals surface area contributed by atoms with Gasteiger partial charge in [0, 0.05) is 11.9 Å². The molecule has 0 heterocycles. The minimum absolute atomic E-state index is 0.0150. The van der Waals surface area contributed by atoms with Gasteiger partial charge in [-0.15, -0.1) is 0 Å². The van der Waals surface area contributed by atoms with Crippen molar-refractivity contribution < 1.29 is 5.11 Å². The normalized spacial score (nSPS) is 14.5. The second kappa shape index (κ2) is 10.3. The third-order valence-electron chi connectivity index (χ3n) is 2.14. The smallest absolute Gasteiger partial charge is 0.0960 e. The van der Waals surface area contributed by atoms with Gasteiger partial charge in [0.15, 0.2) is 0 Å². The third-order valence-corrected chi connectivity index (χ3v) is 3.42. The molecular formula is C11H22N2OS. The molecule has 0 radical (unpaired) electrons. The molecule has 0 aromatic heterocycles. The predicted octanol–water partition coefficient (Wildman–Crippen LogP) is 1.77. The molecule has 0 aliphatic carbocycles. The summed E-state index contributed by atoms with van der Waals surface area (Å²) in [5.74, 6) is 0.982. The quantitative estimate of drug-likeness (QED) is 0.634. The summed E-state index contributed by atoms with van der Waals surface area (Å²) in [7, 11) is 0. The van der Waals surface area contributed by atoms with Crippen molar-refractivity contribution in [3.63, 3.8) is 0 Å². The molecule has 0 rings (SSSR count). The molecule has 2 N–H and O–H groups in total. The molecule has 0 saturated carbocycles. The van der Waals surface area contributed by atoms with E-state index in [1.807, 2.05) is 11.8 Å². The van der Waals surface area contributed by atoms with E-state index in [9.17, 15) is 0 Å². The average Bonchev–Trinajstić information content (AvgIpc) is 2.23. The first-order chi connectivity index (χ1) is 7.24. The van der Waals surface area contributed by atoms with Crippen molar-refractivity contribution in [2.45, 2.75) is 44.4 Å². The Bertz CT molecular complexity index is 182. The lowest BCUT2D eigenvalue weighted by molar-refractivity contribution is 0.289. The summed E-state index contributed by atoms with van der Waals surface area (Å²) >= 11 is 1.83. The van der Waals surface area contributed by atoms with E-state index >= 15 is 0 Å². The second-order valence-electron chi connectivity index (χ2n) is 3.62. The Balaban J connectivity index is 3.50. The molecule has 0 spiro atoms. The molecule has 0 aliphatic heterocycles. The number of nitrogens with one attached hydrogen (secondary N) is 1. The maximum atomic E-state index is 8.86. The highest BCUT2D eigenvalue weighted by atomic mass is 32.2. The van der Waals surface area contributed by atoms with Crippen LogP contribution in [0, 0.1) is 11.3 Å². The van der Waals surface area contributed by atoms with Gasteiger partial charge in [0.2, 0.25) is 0 Å². The first-order valence-corrected chi connectivity index (χ1v) is 6.64. The van der Waals surface area contributed by atoms with Crippen LogP contribution >= 0.6 is 11.8 Å². The first-order valence-electron chi connectivity index (χ1n) is 5.60. The molecule has 0 aliphatic rings. The van der Waals surface area contributed by atoms with E-state index in [0.29, 0.717) is 5.25 Å². The van der Waals surface area contributed by atoms with Gasteiger partial charge < -0.3 is 10.4 Å². The molecule has 0 aromatic rings. The lowest BCUT2D eigenvalue weighted by Crippen LogP contribution is -2.28. The number of nitriles is 1. The lowest BCUT2D eigenvalue weighted by Gasteiger charge is -2.12. The van der Waals surface area contributed by atoms with Crippen molar-refractivity contribution >= 4 is 11.8 Å². The molecule has 0 bridgehead atoms. The molecule has 0 aromatic carbocycles. The number of aliphatic hydroxyl groups excluding tert-OH is 1. The summed E-state index contributed by atoms with van der Waals surface area (Å²) in [5, 5.41) is 21.3. The van der Waals surface area contributed by atoms with Gasteiger partial charge >= 0.3 is 0 Å². The molecule has 15 heavy (non-hydrogen) atoms. The summed E-state index contributed by atoms with van der Waals surface area (Å²) in [4.78, 5) is 0. The first kappa shape index (κ1) is 14.8. The van der Waals surface area contributed by atoms with Crippen LogP contribution in [0.25, 0.3) is 0 Å². The Kier molecular flexibility index (Phi) is 10.1. The van der Waals surface area contributed by atoms with Gasteiger partial charge in [-0.1, -0.05) is 13.8 Å². The summed E-state index contributed by atoms with van der Waals surface area (Å²) in [6.45, 7) is 5.38. The molecular weight excluding hydrogens is 208 g/mol. The maximum absolute atomic E-state index is 8.86. The lowest BCUT2D eigenvalue weighted by atomic mass is 10.2. The molecule has 0 fully saturated rings. The van der Waals surface area contributed by atoms with Gasteiger partial charge in [-0.05, 0) is 31.6 Å². The van der Waals surface area contributed by atoms with Crippen molar-refractivity contribution in [2.24, 2.45) is 0 Å². The SMILES string of the molecule is CCCNC(C#N)CCSC(C)CCO. The van der Waals surface area contributed by atoms with Crippen LogP contribution in [0.15, 0.2) is 0 Å². The van der Waals surface area contributed by atoms with E-state index in [1.54, 1.807) is 0 Å². The summed E-state index contributed by atoms with van der Waals surface area (Å²) in [6.07, 6.45) is 2.79. The van der Waals surface area contributed by atoms with Crippen LogP contribution in [0.4, 0.5) is 0 Å². The number of hydrogen-bond acceptors (Lipinski definition) is 4. The summed E-state index contributed by atoms with van der Waals surface area (Å²) < 4.78 is 0. The number of hydrogen-bond donors (Lipinski definition) is 2. The molecule has 2 atom stereocenters.